The van der Waals surface area contributed by atoms with Crippen molar-refractivity contribution in [2.75, 3.05) is 13.2 Å². The second kappa shape index (κ2) is 7.74. The number of ether oxygens (including phenoxy) is 1. The number of unbranched alkanes of at least 4 members (excludes halogenated alkanes) is 3. The minimum atomic E-state index is -0.00354. The van der Waals surface area contributed by atoms with Crippen molar-refractivity contribution in [1.82, 2.24) is 19.6 Å². The van der Waals surface area contributed by atoms with Gasteiger partial charge in [-0.1, -0.05) is 26.2 Å². The molecule has 2 aromatic heterocycles. The van der Waals surface area contributed by atoms with Crippen LogP contribution in [-0.4, -0.2) is 32.8 Å². The summed E-state index contributed by atoms with van der Waals surface area (Å²) in [6.07, 6.45) is 12.3. The molecule has 0 aliphatic carbocycles. The summed E-state index contributed by atoms with van der Waals surface area (Å²) in [5.41, 5.74) is 0. The zero-order valence-electron chi connectivity index (χ0n) is 11.5. The maximum atomic E-state index is 5.77. The van der Waals surface area contributed by atoms with E-state index in [0.29, 0.717) is 6.61 Å². The quantitative estimate of drug-likeness (QED) is 0.653. The Balaban J connectivity index is 1.82. The van der Waals surface area contributed by atoms with Crippen LogP contribution in [0.25, 0.3) is 0 Å². The van der Waals surface area contributed by atoms with Crippen molar-refractivity contribution >= 4 is 0 Å². The fourth-order valence-electron chi connectivity index (χ4n) is 2.01. The molecule has 0 saturated carbocycles. The third-order valence-electron chi connectivity index (χ3n) is 3.07. The predicted octanol–water partition coefficient (Wildman–Crippen LogP) is 2.72. The van der Waals surface area contributed by atoms with Gasteiger partial charge in [-0.2, -0.15) is 10.2 Å². The zero-order chi connectivity index (χ0) is 13.3. The van der Waals surface area contributed by atoms with Gasteiger partial charge in [-0.25, -0.2) is 9.36 Å². The molecule has 0 aliphatic rings. The molecule has 0 aromatic carbocycles. The van der Waals surface area contributed by atoms with E-state index in [1.807, 2.05) is 33.9 Å². The zero-order valence-corrected chi connectivity index (χ0v) is 11.5. The van der Waals surface area contributed by atoms with E-state index in [9.17, 15) is 0 Å². The predicted molar refractivity (Wildman–Crippen MR) is 73.9 cm³/mol. The van der Waals surface area contributed by atoms with Gasteiger partial charge >= 0.3 is 0 Å². The molecule has 0 bridgehead atoms. The first-order valence-corrected chi connectivity index (χ1v) is 6.98. The standard InChI is InChI=1S/C14H22N4O/c1-2-3-4-5-12-19-13-14(17-10-6-8-15-17)18-11-7-9-16-18/h6-11,14H,2-5,12-13H2,1H3. The van der Waals surface area contributed by atoms with Crippen LogP contribution in [0.2, 0.25) is 0 Å². The normalized spacial score (nSPS) is 11.3. The van der Waals surface area contributed by atoms with Gasteiger partial charge in [0, 0.05) is 31.4 Å². The monoisotopic (exact) mass is 262 g/mol. The average molecular weight is 262 g/mol. The highest BCUT2D eigenvalue weighted by Crippen LogP contribution is 2.09. The maximum Gasteiger partial charge on any atom is 0.166 e. The SMILES string of the molecule is CCCCCCOCC(n1cccn1)n1cccn1. The molecule has 5 nitrogen and oxygen atoms in total. The first kappa shape index (κ1) is 13.8. The second-order valence-electron chi connectivity index (χ2n) is 4.59. The molecule has 0 aliphatic heterocycles. The lowest BCUT2D eigenvalue weighted by atomic mass is 10.2. The Morgan fingerprint density at radius 3 is 2.21 bits per heavy atom. The summed E-state index contributed by atoms with van der Waals surface area (Å²) >= 11 is 0. The van der Waals surface area contributed by atoms with Crippen molar-refractivity contribution in [3.8, 4) is 0 Å². The molecule has 0 N–H and O–H groups in total. The molecule has 0 spiro atoms. The summed E-state index contributed by atoms with van der Waals surface area (Å²) in [4.78, 5) is 0. The Hall–Kier alpha value is -1.62. The van der Waals surface area contributed by atoms with Crippen LogP contribution in [-0.2, 0) is 4.74 Å². The van der Waals surface area contributed by atoms with Crippen molar-refractivity contribution in [3.05, 3.63) is 36.9 Å². The van der Waals surface area contributed by atoms with Crippen LogP contribution in [0.3, 0.4) is 0 Å². The van der Waals surface area contributed by atoms with Crippen molar-refractivity contribution in [2.24, 2.45) is 0 Å². The Labute approximate surface area is 114 Å². The molecule has 104 valence electrons. The van der Waals surface area contributed by atoms with Crippen LogP contribution in [0.15, 0.2) is 36.9 Å². The topological polar surface area (TPSA) is 44.9 Å². The summed E-state index contributed by atoms with van der Waals surface area (Å²) in [5.74, 6) is 0. The molecular weight excluding hydrogens is 240 g/mol. The smallest absolute Gasteiger partial charge is 0.166 e. The first-order chi connectivity index (χ1) is 9.42. The van der Waals surface area contributed by atoms with E-state index in [1.54, 1.807) is 12.4 Å². The van der Waals surface area contributed by atoms with E-state index in [-0.39, 0.29) is 6.17 Å². The highest BCUT2D eigenvalue weighted by atomic mass is 16.5. The molecule has 0 saturated heterocycles. The van der Waals surface area contributed by atoms with Gasteiger partial charge in [-0.05, 0) is 18.6 Å². The van der Waals surface area contributed by atoms with E-state index in [0.717, 1.165) is 13.0 Å². The van der Waals surface area contributed by atoms with Crippen molar-refractivity contribution in [2.45, 2.75) is 38.8 Å². The second-order valence-corrected chi connectivity index (χ2v) is 4.59. The highest BCUT2D eigenvalue weighted by Gasteiger charge is 2.13. The van der Waals surface area contributed by atoms with Gasteiger partial charge in [0.1, 0.15) is 0 Å². The van der Waals surface area contributed by atoms with Crippen LogP contribution < -0.4 is 0 Å². The number of hydrogen-bond acceptors (Lipinski definition) is 3. The summed E-state index contributed by atoms with van der Waals surface area (Å²) in [6.45, 7) is 3.61. The lowest BCUT2D eigenvalue weighted by Gasteiger charge is -2.18. The molecular formula is C14H22N4O. The minimum Gasteiger partial charge on any atom is -0.377 e. The lowest BCUT2D eigenvalue weighted by molar-refractivity contribution is 0.0810. The largest absolute Gasteiger partial charge is 0.377 e. The van der Waals surface area contributed by atoms with Gasteiger partial charge in [0.2, 0.25) is 0 Å². The summed E-state index contributed by atoms with van der Waals surface area (Å²) in [5, 5.41) is 8.55. The molecule has 0 radical (unpaired) electrons. The molecule has 0 unspecified atom stereocenters. The lowest BCUT2D eigenvalue weighted by Crippen LogP contribution is -2.24. The molecule has 2 rings (SSSR count). The number of nitrogens with zero attached hydrogens (tertiary/aromatic N) is 4. The van der Waals surface area contributed by atoms with E-state index < -0.39 is 0 Å². The van der Waals surface area contributed by atoms with Crippen LogP contribution in [0.1, 0.15) is 38.8 Å². The van der Waals surface area contributed by atoms with Crippen LogP contribution in [0, 0.1) is 0 Å². The third kappa shape index (κ3) is 4.21. The van der Waals surface area contributed by atoms with Crippen molar-refractivity contribution < 1.29 is 4.74 Å². The van der Waals surface area contributed by atoms with Crippen LogP contribution in [0.4, 0.5) is 0 Å². The van der Waals surface area contributed by atoms with Gasteiger partial charge in [0.25, 0.3) is 0 Å². The van der Waals surface area contributed by atoms with Gasteiger partial charge < -0.3 is 4.74 Å². The Morgan fingerprint density at radius 1 is 1.00 bits per heavy atom. The molecule has 2 aromatic rings. The Kier molecular flexibility index (Phi) is 5.62. The van der Waals surface area contributed by atoms with Gasteiger partial charge in [0.05, 0.1) is 6.61 Å². The van der Waals surface area contributed by atoms with Crippen LogP contribution >= 0.6 is 0 Å². The van der Waals surface area contributed by atoms with E-state index in [4.69, 9.17) is 4.74 Å². The molecule has 2 heterocycles. The summed E-state index contributed by atoms with van der Waals surface area (Å²) in [7, 11) is 0. The fraction of sp³-hybridized carbons (Fsp3) is 0.571. The van der Waals surface area contributed by atoms with Crippen LogP contribution in [0.5, 0.6) is 0 Å². The highest BCUT2D eigenvalue weighted by molar-refractivity contribution is 4.86. The molecule has 0 atom stereocenters. The van der Waals surface area contributed by atoms with E-state index >= 15 is 0 Å². The van der Waals surface area contributed by atoms with Crippen molar-refractivity contribution in [3.63, 3.8) is 0 Å². The molecule has 0 fully saturated rings. The number of aromatic nitrogens is 4. The molecule has 5 heteroatoms. The van der Waals surface area contributed by atoms with E-state index in [2.05, 4.69) is 17.1 Å². The van der Waals surface area contributed by atoms with Crippen molar-refractivity contribution in [1.29, 1.82) is 0 Å². The summed E-state index contributed by atoms with van der Waals surface area (Å²) in [6, 6.07) is 3.83. The first-order valence-electron chi connectivity index (χ1n) is 6.98. The molecule has 19 heavy (non-hydrogen) atoms. The van der Waals surface area contributed by atoms with Gasteiger partial charge in [-0.3, -0.25) is 0 Å². The Morgan fingerprint density at radius 2 is 1.68 bits per heavy atom. The van der Waals surface area contributed by atoms with E-state index in [1.165, 1.54) is 19.3 Å². The number of rotatable bonds is 9. The maximum absolute atomic E-state index is 5.77. The number of hydrogen-bond donors (Lipinski definition) is 0. The Bertz CT molecular complexity index is 390. The average Bonchev–Trinajstić information content (AvgIpc) is 3.11. The van der Waals surface area contributed by atoms with Gasteiger partial charge in [0.15, 0.2) is 6.17 Å². The minimum absolute atomic E-state index is 0.00354. The van der Waals surface area contributed by atoms with Gasteiger partial charge in [-0.15, -0.1) is 0 Å². The summed E-state index contributed by atoms with van der Waals surface area (Å²) < 4.78 is 9.52. The molecule has 0 amide bonds. The fourth-order valence-corrected chi connectivity index (χ4v) is 2.01. The third-order valence-corrected chi connectivity index (χ3v) is 3.07.